The van der Waals surface area contributed by atoms with Gasteiger partial charge in [-0.2, -0.15) is 15.3 Å². The van der Waals surface area contributed by atoms with Crippen molar-refractivity contribution in [2.75, 3.05) is 7.05 Å². The van der Waals surface area contributed by atoms with Crippen LogP contribution in [0.4, 0.5) is 0 Å². The quantitative estimate of drug-likeness (QED) is 0.473. The third-order valence-electron chi connectivity index (χ3n) is 1.12. The molecule has 0 N–H and O–H groups in total. The highest BCUT2D eigenvalue weighted by Gasteiger charge is 2.14. The molecule has 3 heteroatoms. The maximum Gasteiger partial charge on any atom is 0.0495 e. The highest BCUT2D eigenvalue weighted by molar-refractivity contribution is 5.88. The molecule has 50 valence electrons. The largest absolute Gasteiger partial charge is 0.189 e. The molecule has 0 bridgehead atoms. The van der Waals surface area contributed by atoms with E-state index < -0.39 is 0 Å². The Bertz CT molecular complexity index is 142. The van der Waals surface area contributed by atoms with E-state index in [1.54, 1.807) is 5.12 Å². The maximum absolute atomic E-state index is 3.99. The Morgan fingerprint density at radius 2 is 1.67 bits per heavy atom. The number of hydrogen-bond donors (Lipinski definition) is 0. The normalized spacial score (nSPS) is 22.8. The van der Waals surface area contributed by atoms with Crippen LogP contribution in [0, 0.1) is 5.41 Å². The van der Waals surface area contributed by atoms with Gasteiger partial charge in [0.15, 0.2) is 0 Å². The molecule has 1 aliphatic heterocycles. The van der Waals surface area contributed by atoms with Crippen LogP contribution in [0.1, 0.15) is 13.8 Å². The average molecular weight is 125 g/mol. The molecule has 0 saturated heterocycles. The number of hydrazone groups is 2. The van der Waals surface area contributed by atoms with Gasteiger partial charge in [0.2, 0.25) is 0 Å². The zero-order valence-corrected chi connectivity index (χ0v) is 6.00. The van der Waals surface area contributed by atoms with E-state index in [2.05, 4.69) is 24.1 Å². The van der Waals surface area contributed by atoms with Crippen LogP contribution in [-0.4, -0.2) is 24.6 Å². The van der Waals surface area contributed by atoms with Crippen molar-refractivity contribution in [1.29, 1.82) is 0 Å². The molecule has 1 rings (SSSR count). The van der Waals surface area contributed by atoms with Crippen molar-refractivity contribution in [1.82, 2.24) is 5.12 Å². The zero-order valence-electron chi connectivity index (χ0n) is 6.00. The fourth-order valence-electron chi connectivity index (χ4n) is 0.528. The summed E-state index contributed by atoms with van der Waals surface area (Å²) in [5.41, 5.74) is 0.0342. The first-order valence-electron chi connectivity index (χ1n) is 2.94. The Morgan fingerprint density at radius 3 is 2.00 bits per heavy atom. The Balaban J connectivity index is 2.70. The van der Waals surface area contributed by atoms with Gasteiger partial charge < -0.3 is 0 Å². The van der Waals surface area contributed by atoms with E-state index in [1.165, 1.54) is 0 Å². The smallest absolute Gasteiger partial charge is 0.0495 e. The summed E-state index contributed by atoms with van der Waals surface area (Å²) in [6.45, 7) is 4.12. The molecule has 0 saturated carbocycles. The molecule has 0 fully saturated rings. The van der Waals surface area contributed by atoms with Crippen LogP contribution in [0.3, 0.4) is 0 Å². The van der Waals surface area contributed by atoms with Crippen molar-refractivity contribution >= 4 is 12.4 Å². The van der Waals surface area contributed by atoms with Gasteiger partial charge in [0.25, 0.3) is 0 Å². The first-order valence-corrected chi connectivity index (χ1v) is 2.94. The fraction of sp³-hybridized carbons (Fsp3) is 0.667. The molecule has 0 atom stereocenters. The average Bonchev–Trinajstić information content (AvgIpc) is 1.78. The van der Waals surface area contributed by atoms with E-state index in [0.29, 0.717) is 0 Å². The lowest BCUT2D eigenvalue weighted by Gasteiger charge is -2.19. The zero-order chi connectivity index (χ0) is 6.91. The molecule has 0 unspecified atom stereocenters. The van der Waals surface area contributed by atoms with Gasteiger partial charge in [-0.15, -0.1) is 0 Å². The first-order chi connectivity index (χ1) is 4.10. The predicted octanol–water partition coefficient (Wildman–Crippen LogP) is 0.930. The van der Waals surface area contributed by atoms with Crippen LogP contribution in [0.2, 0.25) is 0 Å². The second-order valence-electron chi connectivity index (χ2n) is 2.80. The maximum atomic E-state index is 3.99. The SMILES string of the molecule is CN1N=CC(C)(C)C=N1. The van der Waals surface area contributed by atoms with Gasteiger partial charge in [-0.1, -0.05) is 0 Å². The lowest BCUT2D eigenvalue weighted by molar-refractivity contribution is 0.364. The monoisotopic (exact) mass is 125 g/mol. The molecular weight excluding hydrogens is 114 g/mol. The molecule has 0 spiro atoms. The van der Waals surface area contributed by atoms with Crippen LogP contribution >= 0.6 is 0 Å². The van der Waals surface area contributed by atoms with Crippen molar-refractivity contribution in [2.45, 2.75) is 13.8 Å². The van der Waals surface area contributed by atoms with E-state index in [4.69, 9.17) is 0 Å². The minimum atomic E-state index is 0.0342. The number of nitrogens with zero attached hydrogens (tertiary/aromatic N) is 3. The van der Waals surface area contributed by atoms with Gasteiger partial charge in [-0.05, 0) is 13.8 Å². The van der Waals surface area contributed by atoms with Crippen molar-refractivity contribution in [3.63, 3.8) is 0 Å². The minimum Gasteiger partial charge on any atom is -0.189 e. The Morgan fingerprint density at radius 1 is 1.22 bits per heavy atom. The van der Waals surface area contributed by atoms with E-state index in [-0.39, 0.29) is 5.41 Å². The summed E-state index contributed by atoms with van der Waals surface area (Å²) >= 11 is 0. The molecule has 0 radical (unpaired) electrons. The molecule has 0 amide bonds. The van der Waals surface area contributed by atoms with Crippen molar-refractivity contribution in [2.24, 2.45) is 15.6 Å². The summed E-state index contributed by atoms with van der Waals surface area (Å²) in [4.78, 5) is 0. The Hall–Kier alpha value is -0.860. The summed E-state index contributed by atoms with van der Waals surface area (Å²) in [7, 11) is 1.81. The molecule has 0 aromatic heterocycles. The molecule has 0 aliphatic carbocycles. The third kappa shape index (κ3) is 1.52. The van der Waals surface area contributed by atoms with Crippen LogP contribution in [0.5, 0.6) is 0 Å². The third-order valence-corrected chi connectivity index (χ3v) is 1.12. The summed E-state index contributed by atoms with van der Waals surface area (Å²) in [5, 5.41) is 9.53. The van der Waals surface area contributed by atoms with Crippen LogP contribution in [0.25, 0.3) is 0 Å². The highest BCUT2D eigenvalue weighted by atomic mass is 15.6. The van der Waals surface area contributed by atoms with Crippen LogP contribution in [-0.2, 0) is 0 Å². The summed E-state index contributed by atoms with van der Waals surface area (Å²) in [6.07, 6.45) is 3.75. The van der Waals surface area contributed by atoms with Crippen molar-refractivity contribution in [3.8, 4) is 0 Å². The molecule has 1 aliphatic rings. The van der Waals surface area contributed by atoms with Crippen molar-refractivity contribution in [3.05, 3.63) is 0 Å². The van der Waals surface area contributed by atoms with Gasteiger partial charge in [0.1, 0.15) is 0 Å². The second kappa shape index (κ2) is 1.83. The van der Waals surface area contributed by atoms with E-state index in [1.807, 2.05) is 19.5 Å². The van der Waals surface area contributed by atoms with Gasteiger partial charge in [-0.3, -0.25) is 0 Å². The molecular formula is C6H11N3. The lowest BCUT2D eigenvalue weighted by atomic mass is 9.97. The minimum absolute atomic E-state index is 0.0342. The van der Waals surface area contributed by atoms with Gasteiger partial charge in [0, 0.05) is 24.9 Å². The number of rotatable bonds is 0. The van der Waals surface area contributed by atoms with Gasteiger partial charge in [-0.25, -0.2) is 0 Å². The van der Waals surface area contributed by atoms with E-state index in [9.17, 15) is 0 Å². The predicted molar refractivity (Wildman–Crippen MR) is 38.5 cm³/mol. The summed E-state index contributed by atoms with van der Waals surface area (Å²) in [6, 6.07) is 0. The molecule has 1 heterocycles. The summed E-state index contributed by atoms with van der Waals surface area (Å²) in [5.74, 6) is 0. The number of hydrogen-bond acceptors (Lipinski definition) is 3. The lowest BCUT2D eigenvalue weighted by Crippen LogP contribution is -2.23. The topological polar surface area (TPSA) is 28.0 Å². The summed E-state index contributed by atoms with van der Waals surface area (Å²) < 4.78 is 0. The van der Waals surface area contributed by atoms with Crippen LogP contribution in [0.15, 0.2) is 10.2 Å². The van der Waals surface area contributed by atoms with E-state index in [0.717, 1.165) is 0 Å². The molecule has 9 heavy (non-hydrogen) atoms. The molecule has 0 aromatic rings. The van der Waals surface area contributed by atoms with Crippen molar-refractivity contribution < 1.29 is 0 Å². The standard InChI is InChI=1S/C6H11N3/c1-6(2)4-7-9(3)8-5-6/h4-5H,1-3H3. The Labute approximate surface area is 55.0 Å². The molecule has 3 nitrogen and oxygen atoms in total. The molecule has 0 aromatic carbocycles. The van der Waals surface area contributed by atoms with E-state index >= 15 is 0 Å². The first kappa shape index (κ1) is 6.26. The second-order valence-corrected chi connectivity index (χ2v) is 2.80. The van der Waals surface area contributed by atoms with Gasteiger partial charge in [0.05, 0.1) is 0 Å². The van der Waals surface area contributed by atoms with Gasteiger partial charge >= 0.3 is 0 Å². The highest BCUT2D eigenvalue weighted by Crippen LogP contribution is 2.11. The fourth-order valence-corrected chi connectivity index (χ4v) is 0.528. The Kier molecular flexibility index (Phi) is 1.27. The van der Waals surface area contributed by atoms with Crippen LogP contribution < -0.4 is 0 Å².